The lowest BCUT2D eigenvalue weighted by atomic mass is 10.0. The van der Waals surface area contributed by atoms with E-state index in [-0.39, 0.29) is 41.0 Å². The zero-order valence-corrected chi connectivity index (χ0v) is 26.9. The van der Waals surface area contributed by atoms with E-state index in [1.807, 2.05) is 0 Å². The van der Waals surface area contributed by atoms with E-state index < -0.39 is 47.5 Å². The standard InChI is InChI=1S/2C19H16FNO4/c1-3-12-6-9-15(16(20)10-12)18(23)21-17(19(24)25-2)11-13-4-7-14(22)8-5-13;1-3-12-6-9-15(16(20)10-12)18(23)21(2)17(19(24)25)11-13-4-7-14(22)8-5-13/h1,4-10,17,22H,11H2,2H3,(H,21,23);1,4-10,17,22H,11H2,2H3,(H,24,25)/t2*17-/m00/s1. The summed E-state index contributed by atoms with van der Waals surface area (Å²) in [6, 6.07) is 17.4. The number of terminal acetylenes is 2. The Kier molecular flexibility index (Phi) is 13.2. The molecule has 0 saturated heterocycles. The van der Waals surface area contributed by atoms with E-state index in [1.54, 1.807) is 24.3 Å². The predicted molar refractivity (Wildman–Crippen MR) is 179 cm³/mol. The molecule has 0 aliphatic heterocycles. The van der Waals surface area contributed by atoms with Gasteiger partial charge in [-0.3, -0.25) is 9.59 Å². The molecule has 4 rings (SSSR count). The third kappa shape index (κ3) is 10.2. The fraction of sp³-hybridized carbons (Fsp3) is 0.158. The summed E-state index contributed by atoms with van der Waals surface area (Å²) >= 11 is 0. The maximum absolute atomic E-state index is 14.1. The quantitative estimate of drug-likeness (QED) is 0.143. The summed E-state index contributed by atoms with van der Waals surface area (Å²) in [5, 5.41) is 30.5. The molecule has 0 aliphatic carbocycles. The maximum Gasteiger partial charge on any atom is 0.328 e. The van der Waals surface area contributed by atoms with Crippen LogP contribution in [0, 0.1) is 36.3 Å². The second kappa shape index (κ2) is 17.5. The number of phenolic OH excluding ortho intramolecular Hbond substituents is 2. The molecule has 0 spiro atoms. The van der Waals surface area contributed by atoms with Crippen molar-refractivity contribution in [1.29, 1.82) is 0 Å². The van der Waals surface area contributed by atoms with Crippen molar-refractivity contribution in [2.75, 3.05) is 14.2 Å². The number of halogens is 2. The molecule has 0 fully saturated rings. The summed E-state index contributed by atoms with van der Waals surface area (Å²) < 4.78 is 32.7. The van der Waals surface area contributed by atoms with Crippen molar-refractivity contribution in [2.24, 2.45) is 0 Å². The first-order chi connectivity index (χ1) is 23.8. The smallest absolute Gasteiger partial charge is 0.328 e. The van der Waals surface area contributed by atoms with Crippen molar-refractivity contribution in [3.8, 4) is 36.2 Å². The predicted octanol–water partition coefficient (Wildman–Crippen LogP) is 4.31. The normalized spacial score (nSPS) is 11.3. The number of benzene rings is 4. The van der Waals surface area contributed by atoms with Crippen molar-refractivity contribution in [2.45, 2.75) is 24.9 Å². The topological polar surface area (TPSA) is 153 Å². The molecular weight excluding hydrogens is 650 g/mol. The van der Waals surface area contributed by atoms with Crippen LogP contribution in [0.4, 0.5) is 8.78 Å². The van der Waals surface area contributed by atoms with E-state index in [9.17, 15) is 43.3 Å². The summed E-state index contributed by atoms with van der Waals surface area (Å²) in [6.07, 6.45) is 10.5. The highest BCUT2D eigenvalue weighted by atomic mass is 19.1. The summed E-state index contributed by atoms with van der Waals surface area (Å²) in [6.45, 7) is 0. The summed E-state index contributed by atoms with van der Waals surface area (Å²) in [5.41, 5.74) is 1.43. The number of phenols is 2. The van der Waals surface area contributed by atoms with E-state index >= 15 is 0 Å². The SMILES string of the molecule is C#Cc1ccc(C(=O)N(C)[C@@H](Cc2ccc(O)cc2)C(=O)O)c(F)c1.C#Cc1ccc(C(=O)N[C@@H](Cc2ccc(O)cc2)C(=O)OC)c(F)c1. The third-order valence-corrected chi connectivity index (χ3v) is 7.35. The van der Waals surface area contributed by atoms with Crippen molar-refractivity contribution in [3.63, 3.8) is 0 Å². The van der Waals surface area contributed by atoms with Crippen LogP contribution in [-0.4, -0.2) is 70.2 Å². The van der Waals surface area contributed by atoms with Gasteiger partial charge < -0.3 is 30.3 Å². The summed E-state index contributed by atoms with van der Waals surface area (Å²) in [5.74, 6) is -0.307. The first-order valence-electron chi connectivity index (χ1n) is 14.7. The number of carbonyl (C=O) groups is 4. The Morgan fingerprint density at radius 3 is 1.66 bits per heavy atom. The van der Waals surface area contributed by atoms with Crippen molar-refractivity contribution in [3.05, 3.63) is 130 Å². The zero-order chi connectivity index (χ0) is 37.0. The Balaban J connectivity index is 0.000000270. The average Bonchev–Trinajstić information content (AvgIpc) is 3.10. The van der Waals surface area contributed by atoms with Gasteiger partial charge in [-0.25, -0.2) is 18.4 Å². The largest absolute Gasteiger partial charge is 0.508 e. The van der Waals surface area contributed by atoms with Crippen molar-refractivity contribution in [1.82, 2.24) is 10.2 Å². The van der Waals surface area contributed by atoms with Gasteiger partial charge in [-0.05, 0) is 71.8 Å². The van der Waals surface area contributed by atoms with Gasteiger partial charge in [0.25, 0.3) is 11.8 Å². The molecule has 0 heterocycles. The Labute approximate surface area is 286 Å². The minimum absolute atomic E-state index is 0.0158. The lowest BCUT2D eigenvalue weighted by Gasteiger charge is -2.25. The van der Waals surface area contributed by atoms with Crippen LogP contribution in [0.5, 0.6) is 11.5 Å². The molecule has 10 nitrogen and oxygen atoms in total. The molecule has 2 amide bonds. The lowest BCUT2D eigenvalue weighted by molar-refractivity contribution is -0.143. The Morgan fingerprint density at radius 1 is 0.780 bits per heavy atom. The number of nitrogens with zero attached hydrogens (tertiary/aromatic N) is 1. The number of rotatable bonds is 10. The van der Waals surface area contributed by atoms with Gasteiger partial charge in [0, 0.05) is 31.0 Å². The van der Waals surface area contributed by atoms with Gasteiger partial charge in [-0.1, -0.05) is 36.1 Å². The highest BCUT2D eigenvalue weighted by Gasteiger charge is 2.29. The van der Waals surface area contributed by atoms with Gasteiger partial charge in [0.15, 0.2) is 0 Å². The molecule has 0 aromatic heterocycles. The van der Waals surface area contributed by atoms with Crippen LogP contribution >= 0.6 is 0 Å². The molecule has 4 aromatic rings. The van der Waals surface area contributed by atoms with Gasteiger partial charge >= 0.3 is 11.9 Å². The second-order valence-electron chi connectivity index (χ2n) is 10.7. The van der Waals surface area contributed by atoms with Crippen molar-refractivity contribution >= 4 is 23.8 Å². The van der Waals surface area contributed by atoms with Crippen LogP contribution in [0.25, 0.3) is 0 Å². The number of carbonyl (C=O) groups excluding carboxylic acids is 3. The summed E-state index contributed by atoms with van der Waals surface area (Å²) in [7, 11) is 2.50. The zero-order valence-electron chi connectivity index (χ0n) is 26.9. The number of carboxylic acids is 1. The molecular formula is C38H32F2N2O8. The number of methoxy groups -OCH3 is 1. The molecule has 4 aromatic carbocycles. The maximum atomic E-state index is 14.1. The Morgan fingerprint density at radius 2 is 1.24 bits per heavy atom. The molecule has 4 N–H and O–H groups in total. The minimum atomic E-state index is -1.22. The van der Waals surface area contributed by atoms with Crippen LogP contribution in [0.15, 0.2) is 84.9 Å². The monoisotopic (exact) mass is 682 g/mol. The average molecular weight is 683 g/mol. The summed E-state index contributed by atoms with van der Waals surface area (Å²) in [4.78, 5) is 49.3. The molecule has 50 heavy (non-hydrogen) atoms. The van der Waals surface area contributed by atoms with Crippen LogP contribution < -0.4 is 5.32 Å². The number of aliphatic carboxylic acids is 1. The molecule has 12 heteroatoms. The minimum Gasteiger partial charge on any atom is -0.508 e. The number of hydrogen-bond donors (Lipinski definition) is 4. The highest BCUT2D eigenvalue weighted by Crippen LogP contribution is 2.18. The molecule has 0 saturated carbocycles. The first kappa shape index (κ1) is 37.8. The molecule has 2 atom stereocenters. The number of hydrogen-bond acceptors (Lipinski definition) is 7. The van der Waals surface area contributed by atoms with Crippen LogP contribution in [0.1, 0.15) is 43.0 Å². The van der Waals surface area contributed by atoms with Crippen LogP contribution in [-0.2, 0) is 27.2 Å². The molecule has 0 bridgehead atoms. The third-order valence-electron chi connectivity index (χ3n) is 7.35. The van der Waals surface area contributed by atoms with E-state index in [0.29, 0.717) is 16.7 Å². The molecule has 0 unspecified atom stereocenters. The number of aromatic hydroxyl groups is 2. The van der Waals surface area contributed by atoms with Crippen LogP contribution in [0.3, 0.4) is 0 Å². The number of likely N-dealkylation sites (N-methyl/N-ethyl adjacent to an activating group) is 1. The Bertz CT molecular complexity index is 1950. The fourth-order valence-corrected chi connectivity index (χ4v) is 4.58. The lowest BCUT2D eigenvalue weighted by Crippen LogP contribution is -2.44. The van der Waals surface area contributed by atoms with Gasteiger partial charge in [-0.2, -0.15) is 0 Å². The number of carboxylic acid groups (broad SMARTS) is 1. The van der Waals surface area contributed by atoms with E-state index in [2.05, 4.69) is 21.9 Å². The van der Waals surface area contributed by atoms with Crippen molar-refractivity contribution < 1.29 is 48.0 Å². The number of amides is 2. The van der Waals surface area contributed by atoms with E-state index in [4.69, 9.17) is 12.8 Å². The van der Waals surface area contributed by atoms with Gasteiger partial charge in [0.1, 0.15) is 35.2 Å². The fourth-order valence-electron chi connectivity index (χ4n) is 4.58. The number of nitrogens with one attached hydrogen (secondary N) is 1. The molecule has 0 aliphatic rings. The van der Waals surface area contributed by atoms with Crippen LogP contribution in [0.2, 0.25) is 0 Å². The number of ether oxygens (including phenoxy) is 1. The van der Waals surface area contributed by atoms with Gasteiger partial charge in [0.2, 0.25) is 0 Å². The van der Waals surface area contributed by atoms with Gasteiger partial charge in [0.05, 0.1) is 18.2 Å². The number of esters is 1. The first-order valence-corrected chi connectivity index (χ1v) is 14.7. The van der Waals surface area contributed by atoms with E-state index in [1.165, 1.54) is 62.7 Å². The van der Waals surface area contributed by atoms with E-state index in [0.717, 1.165) is 17.0 Å². The highest BCUT2D eigenvalue weighted by molar-refractivity contribution is 5.97. The molecule has 0 radical (unpaired) electrons. The molecule has 256 valence electrons. The Hall–Kier alpha value is -6.66. The van der Waals surface area contributed by atoms with Gasteiger partial charge in [-0.15, -0.1) is 12.8 Å². The second-order valence-corrected chi connectivity index (χ2v) is 10.7.